The van der Waals surface area contributed by atoms with E-state index in [4.69, 9.17) is 9.47 Å². The molecule has 0 spiro atoms. The maximum atomic E-state index is 15.4. The van der Waals surface area contributed by atoms with Crippen LogP contribution in [0.1, 0.15) is 89.0 Å². The van der Waals surface area contributed by atoms with Crippen molar-refractivity contribution in [2.24, 2.45) is 17.3 Å². The minimum atomic E-state index is -0.408. The SMILES string of the molecule is Cc1ccc(OC[C@@H]2CCCC[C@H]2COc2ccc(F)cc2-c2cc(C(C)(C)CC(C)(C)C)cc(-n3c4cc(C)ccc4c4ccc(C)cc43)c2O)c(F)c1. The number of nitrogens with zero attached hydrogens (tertiary/aromatic N) is 1. The number of halogens is 2. The molecule has 0 saturated heterocycles. The molecule has 6 heteroatoms. The van der Waals surface area contributed by atoms with Crippen molar-refractivity contribution in [1.29, 1.82) is 0 Å². The second-order valence-electron chi connectivity index (χ2n) is 17.9. The van der Waals surface area contributed by atoms with Gasteiger partial charge in [-0.1, -0.05) is 77.8 Å². The van der Waals surface area contributed by atoms with Gasteiger partial charge in [0, 0.05) is 21.9 Å². The van der Waals surface area contributed by atoms with Gasteiger partial charge in [0.1, 0.15) is 17.3 Å². The van der Waals surface area contributed by atoms with Gasteiger partial charge >= 0.3 is 0 Å². The summed E-state index contributed by atoms with van der Waals surface area (Å²) < 4.78 is 44.9. The zero-order valence-corrected chi connectivity index (χ0v) is 33.7. The van der Waals surface area contributed by atoms with Gasteiger partial charge in [-0.25, -0.2) is 8.78 Å². The van der Waals surface area contributed by atoms with Gasteiger partial charge in [-0.15, -0.1) is 0 Å². The second kappa shape index (κ2) is 15.0. The van der Waals surface area contributed by atoms with Gasteiger partial charge in [0.05, 0.1) is 29.9 Å². The van der Waals surface area contributed by atoms with Crippen molar-refractivity contribution in [3.8, 4) is 34.1 Å². The van der Waals surface area contributed by atoms with Crippen LogP contribution in [0.5, 0.6) is 17.2 Å². The zero-order chi connectivity index (χ0) is 39.2. The van der Waals surface area contributed by atoms with Crippen LogP contribution < -0.4 is 9.47 Å². The Morgan fingerprint density at radius 1 is 0.655 bits per heavy atom. The third-order valence-electron chi connectivity index (χ3n) is 11.5. The van der Waals surface area contributed by atoms with Crippen LogP contribution in [0.15, 0.2) is 84.9 Å². The number of phenolic OH excluding ortho intramolecular Hbond substituents is 1. The Morgan fingerprint density at radius 3 is 1.78 bits per heavy atom. The molecular formula is C49H55F2NO3. The summed E-state index contributed by atoms with van der Waals surface area (Å²) in [5, 5.41) is 14.7. The molecule has 0 bridgehead atoms. The van der Waals surface area contributed by atoms with Crippen LogP contribution in [-0.4, -0.2) is 22.9 Å². The Morgan fingerprint density at radius 2 is 1.20 bits per heavy atom. The van der Waals surface area contributed by atoms with E-state index in [0.29, 0.717) is 35.8 Å². The van der Waals surface area contributed by atoms with Crippen LogP contribution in [0.25, 0.3) is 38.6 Å². The third-order valence-corrected chi connectivity index (χ3v) is 11.5. The zero-order valence-electron chi connectivity index (χ0n) is 33.7. The van der Waals surface area contributed by atoms with Crippen LogP contribution in [-0.2, 0) is 5.41 Å². The highest BCUT2D eigenvalue weighted by Crippen LogP contribution is 2.47. The number of hydrogen-bond acceptors (Lipinski definition) is 3. The van der Waals surface area contributed by atoms with Crippen LogP contribution in [0.2, 0.25) is 0 Å². The number of aromatic hydroxyl groups is 1. The molecule has 55 heavy (non-hydrogen) atoms. The van der Waals surface area contributed by atoms with Gasteiger partial charge in [0.15, 0.2) is 11.6 Å². The Bertz CT molecular complexity index is 2310. The molecule has 1 aliphatic carbocycles. The number of hydrogen-bond donors (Lipinski definition) is 1. The largest absolute Gasteiger partial charge is 0.505 e. The lowest BCUT2D eigenvalue weighted by Gasteiger charge is -2.34. The summed E-state index contributed by atoms with van der Waals surface area (Å²) in [5.74, 6) is 0.444. The fraction of sp³-hybridized carbons (Fsp3) is 0.388. The normalized spacial score (nSPS) is 16.5. The van der Waals surface area contributed by atoms with E-state index in [2.05, 4.69) is 95.5 Å². The molecule has 7 rings (SSSR count). The number of aromatic nitrogens is 1. The summed E-state index contributed by atoms with van der Waals surface area (Å²) in [6.07, 6.45) is 4.97. The van der Waals surface area contributed by atoms with Crippen molar-refractivity contribution in [1.82, 2.24) is 4.57 Å². The molecule has 0 amide bonds. The Hall–Kier alpha value is -4.84. The van der Waals surface area contributed by atoms with Gasteiger partial charge in [0.25, 0.3) is 0 Å². The molecule has 2 atom stereocenters. The van der Waals surface area contributed by atoms with Gasteiger partial charge in [0.2, 0.25) is 0 Å². The van der Waals surface area contributed by atoms with E-state index < -0.39 is 5.82 Å². The monoisotopic (exact) mass is 743 g/mol. The predicted octanol–water partition coefficient (Wildman–Crippen LogP) is 13.3. The Labute approximate surface area is 325 Å². The molecule has 1 aliphatic rings. The maximum Gasteiger partial charge on any atom is 0.165 e. The standard InChI is InChI=1S/C49H55F2NO3/c1-30-15-19-46(41(51)21-30)55-28-34-12-10-9-11-33(34)27-54-45-20-16-36(50)26-39(45)40-24-35(49(7,8)29-48(4,5)6)25-44(47(40)53)52-42-22-31(2)13-17-37(42)38-18-14-32(3)23-43(38)52/h13-26,33-34,53H,9-12,27-29H2,1-8H3/t33-,34-/m0/s1. The molecule has 5 aromatic carbocycles. The summed E-state index contributed by atoms with van der Waals surface area (Å²) in [5.41, 5.74) is 7.55. The lowest BCUT2D eigenvalue weighted by molar-refractivity contribution is 0.103. The lowest BCUT2D eigenvalue weighted by Crippen LogP contribution is -2.30. The Balaban J connectivity index is 1.32. The van der Waals surface area contributed by atoms with Crippen molar-refractivity contribution in [2.75, 3.05) is 13.2 Å². The second-order valence-corrected chi connectivity index (χ2v) is 17.9. The number of benzene rings is 5. The molecule has 288 valence electrons. The third kappa shape index (κ3) is 8.10. The van der Waals surface area contributed by atoms with E-state index in [-0.39, 0.29) is 40.0 Å². The lowest BCUT2D eigenvalue weighted by atomic mass is 9.71. The van der Waals surface area contributed by atoms with Crippen LogP contribution >= 0.6 is 0 Å². The smallest absolute Gasteiger partial charge is 0.165 e. The summed E-state index contributed by atoms with van der Waals surface area (Å²) in [6, 6.07) is 26.7. The highest BCUT2D eigenvalue weighted by Gasteiger charge is 2.32. The van der Waals surface area contributed by atoms with E-state index >= 15 is 4.39 Å². The molecule has 0 unspecified atom stereocenters. The molecular weight excluding hydrogens is 689 g/mol. The summed E-state index contributed by atoms with van der Waals surface area (Å²) in [6.45, 7) is 18.1. The molecule has 0 radical (unpaired) electrons. The molecule has 4 nitrogen and oxygen atoms in total. The first-order chi connectivity index (χ1) is 26.1. The van der Waals surface area contributed by atoms with Crippen molar-refractivity contribution in [2.45, 2.75) is 92.9 Å². The molecule has 6 aromatic rings. The van der Waals surface area contributed by atoms with Gasteiger partial charge < -0.3 is 19.1 Å². The van der Waals surface area contributed by atoms with E-state index in [1.54, 1.807) is 12.1 Å². The summed E-state index contributed by atoms with van der Waals surface area (Å²) in [7, 11) is 0. The average Bonchev–Trinajstić information content (AvgIpc) is 3.42. The molecule has 1 heterocycles. The first-order valence-corrected chi connectivity index (χ1v) is 19.8. The van der Waals surface area contributed by atoms with Crippen molar-refractivity contribution in [3.63, 3.8) is 0 Å². The number of phenols is 1. The fourth-order valence-corrected chi connectivity index (χ4v) is 8.99. The number of ether oxygens (including phenoxy) is 2. The molecule has 1 saturated carbocycles. The van der Waals surface area contributed by atoms with Crippen molar-refractivity contribution < 1.29 is 23.4 Å². The molecule has 1 N–H and O–H groups in total. The molecule has 0 aliphatic heterocycles. The minimum absolute atomic E-state index is 0.0291. The predicted molar refractivity (Wildman–Crippen MR) is 222 cm³/mol. The highest BCUT2D eigenvalue weighted by molar-refractivity contribution is 6.10. The van der Waals surface area contributed by atoms with Gasteiger partial charge in [-0.3, -0.25) is 0 Å². The number of aryl methyl sites for hydroxylation is 3. The first-order valence-electron chi connectivity index (χ1n) is 19.8. The van der Waals surface area contributed by atoms with Gasteiger partial charge in [-0.2, -0.15) is 0 Å². The molecule has 1 fully saturated rings. The quantitative estimate of drug-likeness (QED) is 0.152. The molecule has 1 aromatic heterocycles. The first kappa shape index (κ1) is 38.4. The van der Waals surface area contributed by atoms with Crippen LogP contribution in [0.3, 0.4) is 0 Å². The number of rotatable bonds is 10. The van der Waals surface area contributed by atoms with Crippen molar-refractivity contribution >= 4 is 21.8 Å². The Kier molecular flexibility index (Phi) is 10.5. The average molecular weight is 744 g/mol. The maximum absolute atomic E-state index is 15.4. The fourth-order valence-electron chi connectivity index (χ4n) is 8.99. The van der Waals surface area contributed by atoms with Gasteiger partial charge in [-0.05, 0) is 140 Å². The van der Waals surface area contributed by atoms with Crippen LogP contribution in [0.4, 0.5) is 8.78 Å². The van der Waals surface area contributed by atoms with E-state index in [9.17, 15) is 9.50 Å². The van der Waals surface area contributed by atoms with E-state index in [0.717, 1.165) is 76.2 Å². The summed E-state index contributed by atoms with van der Waals surface area (Å²) in [4.78, 5) is 0. The van der Waals surface area contributed by atoms with E-state index in [1.807, 2.05) is 19.1 Å². The van der Waals surface area contributed by atoms with Crippen molar-refractivity contribution in [3.05, 3.63) is 119 Å². The minimum Gasteiger partial charge on any atom is -0.505 e. The van der Waals surface area contributed by atoms with Crippen LogP contribution in [0, 0.1) is 49.7 Å². The summed E-state index contributed by atoms with van der Waals surface area (Å²) >= 11 is 0. The topological polar surface area (TPSA) is 43.6 Å². The number of fused-ring (bicyclic) bond motifs is 3. The highest BCUT2D eigenvalue weighted by atomic mass is 19.1. The van der Waals surface area contributed by atoms with E-state index in [1.165, 1.54) is 18.2 Å².